The zero-order chi connectivity index (χ0) is 22.1. The number of carbonyl (C=O) groups excluding carboxylic acids is 1. The predicted octanol–water partition coefficient (Wildman–Crippen LogP) is 5.03. The Labute approximate surface area is 191 Å². The van der Waals surface area contributed by atoms with E-state index in [1.165, 1.54) is 17.3 Å². The Bertz CT molecular complexity index is 1000. The quantitative estimate of drug-likeness (QED) is 0.323. The van der Waals surface area contributed by atoms with Crippen LogP contribution in [0.5, 0.6) is 5.75 Å². The molecule has 2 aromatic carbocycles. The van der Waals surface area contributed by atoms with E-state index in [0.29, 0.717) is 22.4 Å². The van der Waals surface area contributed by atoms with Crippen LogP contribution in [0.2, 0.25) is 5.02 Å². The second-order valence-corrected chi connectivity index (χ2v) is 8.22. The summed E-state index contributed by atoms with van der Waals surface area (Å²) in [6.45, 7) is 4.44. The number of ether oxygens (including phenoxy) is 1. The number of allylic oxidation sites excluding steroid dienone is 1. The highest BCUT2D eigenvalue weighted by Gasteiger charge is 2.13. The van der Waals surface area contributed by atoms with E-state index < -0.39 is 0 Å². The van der Waals surface area contributed by atoms with E-state index in [-0.39, 0.29) is 11.7 Å². The van der Waals surface area contributed by atoms with Gasteiger partial charge in [-0.25, -0.2) is 0 Å². The van der Waals surface area contributed by atoms with Crippen LogP contribution < -0.4 is 10.1 Å². The topological polar surface area (TPSA) is 69.0 Å². The van der Waals surface area contributed by atoms with Gasteiger partial charge in [-0.1, -0.05) is 41.6 Å². The van der Waals surface area contributed by atoms with Crippen LogP contribution in [0.1, 0.15) is 17.8 Å². The van der Waals surface area contributed by atoms with Crippen LogP contribution in [0.4, 0.5) is 5.69 Å². The van der Waals surface area contributed by atoms with E-state index in [0.717, 1.165) is 30.8 Å². The maximum absolute atomic E-state index is 12.3. The summed E-state index contributed by atoms with van der Waals surface area (Å²) in [4.78, 5) is 12.3. The zero-order valence-corrected chi connectivity index (χ0v) is 19.0. The molecule has 6 nitrogen and oxygen atoms in total. The molecule has 0 saturated heterocycles. The van der Waals surface area contributed by atoms with Gasteiger partial charge in [-0.2, -0.15) is 0 Å². The first-order valence-electron chi connectivity index (χ1n) is 9.93. The molecule has 0 atom stereocenters. The number of benzene rings is 2. The number of thioether (sulfide) groups is 1. The summed E-state index contributed by atoms with van der Waals surface area (Å²) in [5.74, 6) is 1.89. The average Bonchev–Trinajstić information content (AvgIpc) is 3.16. The molecule has 1 heterocycles. The molecule has 0 aliphatic heterocycles. The molecule has 1 N–H and O–H groups in total. The Morgan fingerprint density at radius 2 is 1.90 bits per heavy atom. The van der Waals surface area contributed by atoms with E-state index >= 15 is 0 Å². The number of amides is 1. The van der Waals surface area contributed by atoms with Crippen LogP contribution in [-0.4, -0.2) is 33.5 Å². The number of halogens is 1. The van der Waals surface area contributed by atoms with Gasteiger partial charge in [0.25, 0.3) is 0 Å². The largest absolute Gasteiger partial charge is 0.497 e. The maximum Gasteiger partial charge on any atom is 0.234 e. The van der Waals surface area contributed by atoms with E-state index in [1.54, 1.807) is 31.4 Å². The Hall–Kier alpha value is -2.77. The van der Waals surface area contributed by atoms with Gasteiger partial charge in [0.05, 0.1) is 12.9 Å². The van der Waals surface area contributed by atoms with Gasteiger partial charge >= 0.3 is 0 Å². The van der Waals surface area contributed by atoms with Crippen LogP contribution in [0.15, 0.2) is 66.3 Å². The number of hydrogen-bond acceptors (Lipinski definition) is 5. The number of hydrogen-bond donors (Lipinski definition) is 1. The van der Waals surface area contributed by atoms with Crippen LogP contribution >= 0.6 is 23.4 Å². The minimum atomic E-state index is -0.110. The van der Waals surface area contributed by atoms with Gasteiger partial charge in [-0.05, 0) is 54.8 Å². The number of rotatable bonds is 11. The van der Waals surface area contributed by atoms with Crippen LogP contribution in [-0.2, 0) is 24.2 Å². The molecule has 0 aliphatic rings. The number of anilines is 1. The number of carbonyl (C=O) groups is 1. The third kappa shape index (κ3) is 6.87. The van der Waals surface area contributed by atoms with Crippen LogP contribution in [0.25, 0.3) is 0 Å². The van der Waals surface area contributed by atoms with E-state index in [2.05, 4.69) is 34.2 Å². The fourth-order valence-electron chi connectivity index (χ4n) is 3.03. The third-order valence-corrected chi connectivity index (χ3v) is 5.81. The number of methoxy groups -OCH3 is 1. The summed E-state index contributed by atoms with van der Waals surface area (Å²) in [5, 5.41) is 12.8. The van der Waals surface area contributed by atoms with Gasteiger partial charge in [0.1, 0.15) is 11.6 Å². The number of nitrogens with zero attached hydrogens (tertiary/aromatic N) is 3. The van der Waals surface area contributed by atoms with E-state index in [1.807, 2.05) is 22.8 Å². The molecule has 1 aromatic heterocycles. The summed E-state index contributed by atoms with van der Waals surface area (Å²) < 4.78 is 7.21. The number of aromatic nitrogens is 3. The van der Waals surface area contributed by atoms with Crippen molar-refractivity contribution >= 4 is 35.0 Å². The lowest BCUT2D eigenvalue weighted by Gasteiger charge is -2.08. The monoisotopic (exact) mass is 456 g/mol. The second kappa shape index (κ2) is 11.6. The summed E-state index contributed by atoms with van der Waals surface area (Å²) >= 11 is 7.24. The molecule has 0 aliphatic carbocycles. The van der Waals surface area contributed by atoms with Gasteiger partial charge in [0.15, 0.2) is 5.16 Å². The van der Waals surface area contributed by atoms with Gasteiger partial charge in [0.2, 0.25) is 5.91 Å². The highest BCUT2D eigenvalue weighted by Crippen LogP contribution is 2.20. The van der Waals surface area contributed by atoms with Crippen LogP contribution in [0.3, 0.4) is 0 Å². The third-order valence-electron chi connectivity index (χ3n) is 4.59. The predicted molar refractivity (Wildman–Crippen MR) is 126 cm³/mol. The lowest BCUT2D eigenvalue weighted by molar-refractivity contribution is -0.113. The SMILES string of the molecule is C=CCn1c(CCCc2ccc(OC)cc2)nnc1SCC(=O)Nc1ccc(Cl)cc1. The molecule has 0 saturated carbocycles. The fraction of sp³-hybridized carbons (Fsp3) is 0.261. The van der Waals surface area contributed by atoms with Gasteiger partial charge in [-0.15, -0.1) is 16.8 Å². The van der Waals surface area contributed by atoms with Crippen LogP contribution in [0, 0.1) is 0 Å². The Balaban J connectivity index is 1.54. The smallest absolute Gasteiger partial charge is 0.234 e. The molecule has 1 amide bonds. The fourth-order valence-corrected chi connectivity index (χ4v) is 3.92. The highest BCUT2D eigenvalue weighted by atomic mass is 35.5. The number of aryl methyl sites for hydroxylation is 2. The van der Waals surface area contributed by atoms with Gasteiger partial charge < -0.3 is 14.6 Å². The molecule has 0 unspecified atom stereocenters. The van der Waals surface area contributed by atoms with Gasteiger partial charge in [0, 0.05) is 23.7 Å². The first-order chi connectivity index (χ1) is 15.1. The standard InChI is InChI=1S/C23H25ClN4O2S/c1-3-15-28-21(6-4-5-17-7-13-20(30-2)14-8-17)26-27-23(28)31-16-22(29)25-19-11-9-18(24)10-12-19/h3,7-14H,1,4-6,15-16H2,2H3,(H,25,29). The lowest BCUT2D eigenvalue weighted by atomic mass is 10.1. The molecule has 162 valence electrons. The first kappa shape index (κ1) is 22.9. The van der Waals surface area contributed by atoms with Crippen molar-refractivity contribution in [2.75, 3.05) is 18.2 Å². The highest BCUT2D eigenvalue weighted by molar-refractivity contribution is 7.99. The Kier molecular flexibility index (Phi) is 8.55. The average molecular weight is 457 g/mol. The molecular formula is C23H25ClN4O2S. The molecule has 31 heavy (non-hydrogen) atoms. The summed E-state index contributed by atoms with van der Waals surface area (Å²) in [6, 6.07) is 15.1. The first-order valence-corrected chi connectivity index (χ1v) is 11.3. The van der Waals surface area contributed by atoms with Crippen molar-refractivity contribution in [3.05, 3.63) is 77.6 Å². The summed E-state index contributed by atoms with van der Waals surface area (Å²) in [7, 11) is 1.67. The normalized spacial score (nSPS) is 10.6. The second-order valence-electron chi connectivity index (χ2n) is 6.84. The molecule has 0 bridgehead atoms. The van der Waals surface area contributed by atoms with Crippen molar-refractivity contribution in [3.8, 4) is 5.75 Å². The summed E-state index contributed by atoms with van der Waals surface area (Å²) in [6.07, 6.45) is 4.50. The van der Waals surface area contributed by atoms with E-state index in [9.17, 15) is 4.79 Å². The molecule has 3 rings (SSSR count). The van der Waals surface area contributed by atoms with Crippen molar-refractivity contribution in [1.82, 2.24) is 14.8 Å². The minimum absolute atomic E-state index is 0.110. The molecule has 3 aromatic rings. The molecule has 0 fully saturated rings. The minimum Gasteiger partial charge on any atom is -0.497 e. The van der Waals surface area contributed by atoms with Crippen molar-refractivity contribution in [2.24, 2.45) is 0 Å². The zero-order valence-electron chi connectivity index (χ0n) is 17.4. The van der Waals surface area contributed by atoms with Gasteiger partial charge in [-0.3, -0.25) is 4.79 Å². The number of nitrogens with one attached hydrogen (secondary N) is 1. The van der Waals surface area contributed by atoms with E-state index in [4.69, 9.17) is 16.3 Å². The van der Waals surface area contributed by atoms with Crippen molar-refractivity contribution in [1.29, 1.82) is 0 Å². The van der Waals surface area contributed by atoms with Crippen molar-refractivity contribution < 1.29 is 9.53 Å². The Morgan fingerprint density at radius 3 is 2.58 bits per heavy atom. The van der Waals surface area contributed by atoms with Crippen molar-refractivity contribution in [2.45, 2.75) is 31.0 Å². The lowest BCUT2D eigenvalue weighted by Crippen LogP contribution is -2.14. The maximum atomic E-state index is 12.3. The van der Waals surface area contributed by atoms with Crippen molar-refractivity contribution in [3.63, 3.8) is 0 Å². The molecule has 0 spiro atoms. The Morgan fingerprint density at radius 1 is 1.16 bits per heavy atom. The molecule has 8 heteroatoms. The molecular weight excluding hydrogens is 432 g/mol. The summed E-state index contributed by atoms with van der Waals surface area (Å²) in [5.41, 5.74) is 1.96. The molecule has 0 radical (unpaired) electrons.